The lowest BCUT2D eigenvalue weighted by Crippen LogP contribution is -2.44. The van der Waals surface area contributed by atoms with Gasteiger partial charge in [0.1, 0.15) is 11.5 Å². The molecule has 1 saturated heterocycles. The molecule has 0 spiro atoms. The molecule has 134 valence electrons. The van der Waals surface area contributed by atoms with Crippen LogP contribution in [0.2, 0.25) is 0 Å². The van der Waals surface area contributed by atoms with Gasteiger partial charge in [-0.2, -0.15) is 5.10 Å². The first-order valence-corrected chi connectivity index (χ1v) is 8.85. The van der Waals surface area contributed by atoms with Gasteiger partial charge in [-0.05, 0) is 51.4 Å². The zero-order chi connectivity index (χ0) is 17.8. The van der Waals surface area contributed by atoms with Crippen molar-refractivity contribution >= 4 is 5.91 Å². The lowest BCUT2D eigenvalue weighted by molar-refractivity contribution is -0.127. The monoisotopic (exact) mass is 344 g/mol. The molecule has 2 aromatic rings. The van der Waals surface area contributed by atoms with E-state index in [4.69, 9.17) is 0 Å². The normalized spacial score (nSPS) is 18.5. The van der Waals surface area contributed by atoms with Crippen molar-refractivity contribution in [3.05, 3.63) is 48.0 Å². The Balaban J connectivity index is 1.63. The van der Waals surface area contributed by atoms with E-state index in [-0.39, 0.29) is 23.7 Å². The number of likely N-dealkylation sites (tertiary alicyclic amines) is 1. The molecule has 1 aliphatic heterocycles. The fourth-order valence-corrected chi connectivity index (χ4v) is 3.26. The number of carbonyl (C=O) groups is 1. The summed E-state index contributed by atoms with van der Waals surface area (Å²) in [5.41, 5.74) is 1.33. The summed E-state index contributed by atoms with van der Waals surface area (Å²) in [5.74, 6) is -0.123. The van der Waals surface area contributed by atoms with E-state index in [1.165, 1.54) is 6.07 Å². The average Bonchev–Trinajstić information content (AvgIpc) is 3.03. The summed E-state index contributed by atoms with van der Waals surface area (Å²) in [6.45, 7) is 6.33. The zero-order valence-electron chi connectivity index (χ0n) is 14.8. The Morgan fingerprint density at radius 1 is 1.36 bits per heavy atom. The summed E-state index contributed by atoms with van der Waals surface area (Å²) >= 11 is 0. The van der Waals surface area contributed by atoms with Crippen LogP contribution in [-0.4, -0.2) is 39.7 Å². The number of hydrogen-bond donors (Lipinski definition) is 1. The van der Waals surface area contributed by atoms with E-state index < -0.39 is 0 Å². The lowest BCUT2D eigenvalue weighted by Gasteiger charge is -2.31. The number of halogens is 1. The number of benzene rings is 1. The standard InChI is InChI=1S/C19H25FN4O/c1-14(2)21-19(25)15-6-5-10-23(12-15)13-16-9-11-24(22-16)18-8-4-3-7-17(18)20/h3-4,7-9,11,14-15H,5-6,10,12-13H2,1-2H3,(H,21,25)/t15-/m0/s1. The molecule has 2 heterocycles. The van der Waals surface area contributed by atoms with Gasteiger partial charge in [0.15, 0.2) is 0 Å². The van der Waals surface area contributed by atoms with Crippen molar-refractivity contribution in [2.24, 2.45) is 5.92 Å². The Kier molecular flexibility index (Phi) is 5.48. The number of nitrogens with one attached hydrogen (secondary N) is 1. The molecule has 1 aromatic heterocycles. The van der Waals surface area contributed by atoms with Crippen LogP contribution in [0.25, 0.3) is 5.69 Å². The fraction of sp³-hybridized carbons (Fsp3) is 0.474. The van der Waals surface area contributed by atoms with E-state index in [0.717, 1.165) is 31.6 Å². The quantitative estimate of drug-likeness (QED) is 0.907. The van der Waals surface area contributed by atoms with Gasteiger partial charge in [0.05, 0.1) is 11.6 Å². The first-order valence-electron chi connectivity index (χ1n) is 8.85. The third-order valence-corrected chi connectivity index (χ3v) is 4.44. The summed E-state index contributed by atoms with van der Waals surface area (Å²) in [4.78, 5) is 14.5. The van der Waals surface area contributed by atoms with Crippen molar-refractivity contribution in [2.45, 2.75) is 39.3 Å². The second-order valence-electron chi connectivity index (χ2n) is 6.94. The Morgan fingerprint density at radius 3 is 2.92 bits per heavy atom. The molecule has 1 atom stereocenters. The lowest BCUT2D eigenvalue weighted by atomic mass is 9.96. The number of rotatable bonds is 5. The van der Waals surface area contributed by atoms with Gasteiger partial charge in [0.2, 0.25) is 5.91 Å². The van der Waals surface area contributed by atoms with Crippen molar-refractivity contribution in [1.29, 1.82) is 0 Å². The topological polar surface area (TPSA) is 50.2 Å². The maximum Gasteiger partial charge on any atom is 0.224 e. The molecule has 6 heteroatoms. The molecule has 1 N–H and O–H groups in total. The first-order chi connectivity index (χ1) is 12.0. The third kappa shape index (κ3) is 4.45. The SMILES string of the molecule is CC(C)NC(=O)[C@H]1CCCN(Cc2ccn(-c3ccccc3F)n2)C1. The van der Waals surface area contributed by atoms with Crippen molar-refractivity contribution in [3.8, 4) is 5.69 Å². The number of piperidine rings is 1. The molecule has 0 aliphatic carbocycles. The largest absolute Gasteiger partial charge is 0.354 e. The van der Waals surface area contributed by atoms with Crippen molar-refractivity contribution in [3.63, 3.8) is 0 Å². The highest BCUT2D eigenvalue weighted by molar-refractivity contribution is 5.79. The minimum atomic E-state index is -0.291. The van der Waals surface area contributed by atoms with Gasteiger partial charge in [-0.1, -0.05) is 12.1 Å². The van der Waals surface area contributed by atoms with Gasteiger partial charge >= 0.3 is 0 Å². The van der Waals surface area contributed by atoms with E-state index in [1.54, 1.807) is 29.1 Å². The molecule has 25 heavy (non-hydrogen) atoms. The Morgan fingerprint density at radius 2 is 2.16 bits per heavy atom. The Hall–Kier alpha value is -2.21. The molecule has 5 nitrogen and oxygen atoms in total. The molecular weight excluding hydrogens is 319 g/mol. The van der Waals surface area contributed by atoms with Crippen LogP contribution in [0.4, 0.5) is 4.39 Å². The fourth-order valence-electron chi connectivity index (χ4n) is 3.26. The van der Waals surface area contributed by atoms with Gasteiger partial charge in [0, 0.05) is 25.3 Å². The maximum atomic E-state index is 13.9. The highest BCUT2D eigenvalue weighted by Crippen LogP contribution is 2.19. The van der Waals surface area contributed by atoms with Gasteiger partial charge < -0.3 is 5.32 Å². The summed E-state index contributed by atoms with van der Waals surface area (Å²) in [6, 6.07) is 8.67. The molecule has 1 amide bonds. The van der Waals surface area contributed by atoms with Crippen LogP contribution in [0.3, 0.4) is 0 Å². The van der Waals surface area contributed by atoms with Gasteiger partial charge in [-0.15, -0.1) is 0 Å². The molecule has 1 aromatic carbocycles. The van der Waals surface area contributed by atoms with Crippen LogP contribution in [0.15, 0.2) is 36.5 Å². The highest BCUT2D eigenvalue weighted by Gasteiger charge is 2.26. The first kappa shape index (κ1) is 17.6. The second-order valence-corrected chi connectivity index (χ2v) is 6.94. The summed E-state index contributed by atoms with van der Waals surface area (Å²) in [6.07, 6.45) is 3.71. The predicted octanol–water partition coefficient (Wildman–Crippen LogP) is 2.75. The molecule has 1 aliphatic rings. The number of hydrogen-bond acceptors (Lipinski definition) is 3. The summed E-state index contributed by atoms with van der Waals surface area (Å²) < 4.78 is 15.4. The predicted molar refractivity (Wildman–Crippen MR) is 94.8 cm³/mol. The summed E-state index contributed by atoms with van der Waals surface area (Å²) in [5, 5.41) is 7.49. The van der Waals surface area contributed by atoms with Crippen LogP contribution >= 0.6 is 0 Å². The van der Waals surface area contributed by atoms with E-state index >= 15 is 0 Å². The van der Waals surface area contributed by atoms with E-state index in [1.807, 2.05) is 19.9 Å². The Labute approximate surface area is 147 Å². The number of carbonyl (C=O) groups excluding carboxylic acids is 1. The highest BCUT2D eigenvalue weighted by atomic mass is 19.1. The average molecular weight is 344 g/mol. The molecule has 3 rings (SSSR count). The number of nitrogens with zero attached hydrogens (tertiary/aromatic N) is 3. The maximum absolute atomic E-state index is 13.9. The third-order valence-electron chi connectivity index (χ3n) is 4.44. The zero-order valence-corrected chi connectivity index (χ0v) is 14.8. The van der Waals surface area contributed by atoms with Crippen LogP contribution in [0, 0.1) is 11.7 Å². The number of aromatic nitrogens is 2. The smallest absolute Gasteiger partial charge is 0.224 e. The van der Waals surface area contributed by atoms with Gasteiger partial charge in [-0.25, -0.2) is 9.07 Å². The second kappa shape index (κ2) is 7.78. The van der Waals surface area contributed by atoms with Crippen molar-refractivity contribution in [1.82, 2.24) is 20.0 Å². The van der Waals surface area contributed by atoms with Gasteiger partial charge in [0.25, 0.3) is 0 Å². The van der Waals surface area contributed by atoms with Crippen molar-refractivity contribution in [2.75, 3.05) is 13.1 Å². The van der Waals surface area contributed by atoms with E-state index in [9.17, 15) is 9.18 Å². The van der Waals surface area contributed by atoms with Crippen LogP contribution < -0.4 is 5.32 Å². The minimum Gasteiger partial charge on any atom is -0.354 e. The summed E-state index contributed by atoms with van der Waals surface area (Å²) in [7, 11) is 0. The molecule has 0 saturated carbocycles. The van der Waals surface area contributed by atoms with Crippen LogP contribution in [-0.2, 0) is 11.3 Å². The molecule has 0 bridgehead atoms. The molecule has 1 fully saturated rings. The number of amides is 1. The van der Waals surface area contributed by atoms with Crippen LogP contribution in [0.1, 0.15) is 32.4 Å². The molecular formula is C19H25FN4O. The van der Waals surface area contributed by atoms with Gasteiger partial charge in [-0.3, -0.25) is 9.69 Å². The molecule has 0 unspecified atom stereocenters. The Bertz CT molecular complexity index is 728. The van der Waals surface area contributed by atoms with Crippen molar-refractivity contribution < 1.29 is 9.18 Å². The van der Waals surface area contributed by atoms with E-state index in [2.05, 4.69) is 15.3 Å². The van der Waals surface area contributed by atoms with E-state index in [0.29, 0.717) is 12.2 Å². The molecule has 0 radical (unpaired) electrons. The van der Waals surface area contributed by atoms with Crippen LogP contribution in [0.5, 0.6) is 0 Å². The number of para-hydroxylation sites is 1. The minimum absolute atomic E-state index is 0.0322.